The largest absolute Gasteiger partial charge is 0.490 e. The summed E-state index contributed by atoms with van der Waals surface area (Å²) in [5, 5.41) is 9.99. The van der Waals surface area contributed by atoms with Crippen LogP contribution in [-0.4, -0.2) is 36.8 Å². The third-order valence-electron chi connectivity index (χ3n) is 2.94. The van der Waals surface area contributed by atoms with Crippen molar-refractivity contribution in [3.63, 3.8) is 0 Å². The second-order valence-electron chi connectivity index (χ2n) is 4.99. The summed E-state index contributed by atoms with van der Waals surface area (Å²) in [4.78, 5) is 2.08. The quantitative estimate of drug-likeness (QED) is 0.820. The predicted molar refractivity (Wildman–Crippen MR) is 68.2 cm³/mol. The normalized spacial score (nSPS) is 17.2. The molecule has 0 spiro atoms. The smallest absolute Gasteiger partial charge is 0.119 e. The number of rotatable bonds is 6. The molecule has 2 rings (SSSR count). The molecular formula is C14H21NO2. The SMILES string of the molecule is CN(C)CCC(O)c1ccc(OC2CC2)cc1. The lowest BCUT2D eigenvalue weighted by Gasteiger charge is -2.15. The summed E-state index contributed by atoms with van der Waals surface area (Å²) in [5.74, 6) is 0.913. The fraction of sp³-hybridized carbons (Fsp3) is 0.571. The van der Waals surface area contributed by atoms with Gasteiger partial charge < -0.3 is 14.7 Å². The third kappa shape index (κ3) is 4.02. The van der Waals surface area contributed by atoms with E-state index in [4.69, 9.17) is 4.74 Å². The number of hydrogen-bond donors (Lipinski definition) is 1. The van der Waals surface area contributed by atoms with Crippen molar-refractivity contribution in [2.75, 3.05) is 20.6 Å². The number of ether oxygens (including phenoxy) is 1. The van der Waals surface area contributed by atoms with Crippen LogP contribution in [0.1, 0.15) is 30.9 Å². The fourth-order valence-electron chi connectivity index (χ4n) is 1.69. The van der Waals surface area contributed by atoms with E-state index in [-0.39, 0.29) is 6.10 Å². The van der Waals surface area contributed by atoms with E-state index >= 15 is 0 Å². The molecular weight excluding hydrogens is 214 g/mol. The highest BCUT2D eigenvalue weighted by Gasteiger charge is 2.23. The minimum atomic E-state index is -0.382. The Labute approximate surface area is 103 Å². The number of aliphatic hydroxyl groups excluding tert-OH is 1. The van der Waals surface area contributed by atoms with Gasteiger partial charge in [0.2, 0.25) is 0 Å². The van der Waals surface area contributed by atoms with Crippen molar-refractivity contribution in [2.45, 2.75) is 31.5 Å². The summed E-state index contributed by atoms with van der Waals surface area (Å²) in [6.07, 6.45) is 3.16. The van der Waals surface area contributed by atoms with Crippen molar-refractivity contribution in [1.29, 1.82) is 0 Å². The van der Waals surface area contributed by atoms with Gasteiger partial charge in [-0.3, -0.25) is 0 Å². The molecule has 0 radical (unpaired) electrons. The fourth-order valence-corrected chi connectivity index (χ4v) is 1.69. The molecule has 17 heavy (non-hydrogen) atoms. The van der Waals surface area contributed by atoms with E-state index in [1.807, 2.05) is 38.4 Å². The highest BCUT2D eigenvalue weighted by molar-refractivity contribution is 5.29. The topological polar surface area (TPSA) is 32.7 Å². The monoisotopic (exact) mass is 235 g/mol. The van der Waals surface area contributed by atoms with Crippen molar-refractivity contribution in [1.82, 2.24) is 4.90 Å². The van der Waals surface area contributed by atoms with Crippen LogP contribution in [0.2, 0.25) is 0 Å². The maximum absolute atomic E-state index is 9.99. The molecule has 0 saturated heterocycles. The Balaban J connectivity index is 1.87. The van der Waals surface area contributed by atoms with Gasteiger partial charge >= 0.3 is 0 Å². The molecule has 1 aromatic carbocycles. The van der Waals surface area contributed by atoms with E-state index in [0.717, 1.165) is 24.3 Å². The van der Waals surface area contributed by atoms with Gasteiger partial charge in [0.1, 0.15) is 5.75 Å². The van der Waals surface area contributed by atoms with Crippen LogP contribution in [0.15, 0.2) is 24.3 Å². The molecule has 0 heterocycles. The summed E-state index contributed by atoms with van der Waals surface area (Å²) in [5.41, 5.74) is 0.968. The maximum atomic E-state index is 9.99. The summed E-state index contributed by atoms with van der Waals surface area (Å²) in [7, 11) is 4.03. The Morgan fingerprint density at radius 2 is 1.94 bits per heavy atom. The van der Waals surface area contributed by atoms with Crippen molar-refractivity contribution in [3.05, 3.63) is 29.8 Å². The number of benzene rings is 1. The molecule has 1 saturated carbocycles. The third-order valence-corrected chi connectivity index (χ3v) is 2.94. The molecule has 3 heteroatoms. The molecule has 1 fully saturated rings. The first-order valence-electron chi connectivity index (χ1n) is 6.24. The van der Waals surface area contributed by atoms with Crippen molar-refractivity contribution in [3.8, 4) is 5.75 Å². The van der Waals surface area contributed by atoms with Crippen LogP contribution in [0.5, 0.6) is 5.75 Å². The van der Waals surface area contributed by atoms with E-state index < -0.39 is 0 Å². The number of aliphatic hydroxyl groups is 1. The zero-order valence-corrected chi connectivity index (χ0v) is 10.6. The van der Waals surface area contributed by atoms with Gasteiger partial charge in [-0.1, -0.05) is 12.1 Å². The number of nitrogens with zero attached hydrogens (tertiary/aromatic N) is 1. The lowest BCUT2D eigenvalue weighted by Crippen LogP contribution is -2.15. The summed E-state index contributed by atoms with van der Waals surface area (Å²) in [6.45, 7) is 0.890. The van der Waals surface area contributed by atoms with Gasteiger partial charge in [0.25, 0.3) is 0 Å². The van der Waals surface area contributed by atoms with Gasteiger partial charge in [0.15, 0.2) is 0 Å². The second-order valence-corrected chi connectivity index (χ2v) is 4.99. The van der Waals surface area contributed by atoms with Gasteiger partial charge in [0, 0.05) is 6.54 Å². The predicted octanol–water partition coefficient (Wildman–Crippen LogP) is 2.21. The molecule has 0 bridgehead atoms. The molecule has 0 aliphatic heterocycles. The Hall–Kier alpha value is -1.06. The van der Waals surface area contributed by atoms with Crippen molar-refractivity contribution in [2.24, 2.45) is 0 Å². The van der Waals surface area contributed by atoms with E-state index in [0.29, 0.717) is 6.10 Å². The van der Waals surface area contributed by atoms with Crippen LogP contribution in [0, 0.1) is 0 Å². The zero-order valence-electron chi connectivity index (χ0n) is 10.6. The standard InChI is InChI=1S/C14H21NO2/c1-15(2)10-9-14(16)11-3-5-12(6-4-11)17-13-7-8-13/h3-6,13-14,16H,7-10H2,1-2H3. The van der Waals surface area contributed by atoms with Crippen molar-refractivity contribution >= 4 is 0 Å². The molecule has 94 valence electrons. The van der Waals surface area contributed by atoms with Crippen molar-refractivity contribution < 1.29 is 9.84 Å². The Bertz CT molecular complexity index is 344. The molecule has 0 amide bonds. The Morgan fingerprint density at radius 3 is 2.47 bits per heavy atom. The van der Waals surface area contributed by atoms with Crippen LogP contribution in [0.4, 0.5) is 0 Å². The zero-order chi connectivity index (χ0) is 12.3. The van der Waals surface area contributed by atoms with Gasteiger partial charge in [-0.15, -0.1) is 0 Å². The Morgan fingerprint density at radius 1 is 1.29 bits per heavy atom. The molecule has 1 atom stereocenters. The lowest BCUT2D eigenvalue weighted by atomic mass is 10.1. The van der Waals surface area contributed by atoms with Crippen LogP contribution >= 0.6 is 0 Å². The average molecular weight is 235 g/mol. The van der Waals surface area contributed by atoms with E-state index in [2.05, 4.69) is 4.90 Å². The Kier molecular flexibility index (Phi) is 4.02. The first kappa shape index (κ1) is 12.4. The van der Waals surface area contributed by atoms with Gasteiger partial charge in [-0.2, -0.15) is 0 Å². The molecule has 1 aromatic rings. The summed E-state index contributed by atoms with van der Waals surface area (Å²) in [6, 6.07) is 7.81. The highest BCUT2D eigenvalue weighted by Crippen LogP contribution is 2.27. The maximum Gasteiger partial charge on any atom is 0.119 e. The molecule has 1 N–H and O–H groups in total. The molecule has 1 aliphatic rings. The minimum Gasteiger partial charge on any atom is -0.490 e. The first-order valence-corrected chi connectivity index (χ1v) is 6.24. The summed E-state index contributed by atoms with van der Waals surface area (Å²) >= 11 is 0. The van der Waals surface area contributed by atoms with Crippen LogP contribution in [0.3, 0.4) is 0 Å². The summed E-state index contributed by atoms with van der Waals surface area (Å²) < 4.78 is 5.67. The first-order chi connectivity index (χ1) is 8.15. The van der Waals surface area contributed by atoms with E-state index in [1.54, 1.807) is 0 Å². The van der Waals surface area contributed by atoms with Crippen LogP contribution in [0.25, 0.3) is 0 Å². The number of hydrogen-bond acceptors (Lipinski definition) is 3. The highest BCUT2D eigenvalue weighted by atomic mass is 16.5. The van der Waals surface area contributed by atoms with Crippen LogP contribution < -0.4 is 4.74 Å². The minimum absolute atomic E-state index is 0.382. The molecule has 1 unspecified atom stereocenters. The lowest BCUT2D eigenvalue weighted by molar-refractivity contribution is 0.154. The molecule has 0 aromatic heterocycles. The van der Waals surface area contributed by atoms with Crippen LogP contribution in [-0.2, 0) is 0 Å². The van der Waals surface area contributed by atoms with Gasteiger partial charge in [0.05, 0.1) is 12.2 Å². The van der Waals surface area contributed by atoms with E-state index in [1.165, 1.54) is 12.8 Å². The molecule has 3 nitrogen and oxygen atoms in total. The van der Waals surface area contributed by atoms with Gasteiger partial charge in [-0.25, -0.2) is 0 Å². The second kappa shape index (κ2) is 5.52. The van der Waals surface area contributed by atoms with Gasteiger partial charge in [-0.05, 0) is 51.1 Å². The van der Waals surface area contributed by atoms with E-state index in [9.17, 15) is 5.11 Å². The molecule has 1 aliphatic carbocycles. The average Bonchev–Trinajstić information content (AvgIpc) is 3.11.